The molecule has 0 aliphatic carbocycles. The van der Waals surface area contributed by atoms with Crippen molar-refractivity contribution in [1.82, 2.24) is 0 Å². The Balaban J connectivity index is 0.000000921. The third-order valence-electron chi connectivity index (χ3n) is 1.51. The molecule has 0 aromatic heterocycles. The van der Waals surface area contributed by atoms with Gasteiger partial charge in [-0.05, 0) is 24.3 Å². The molecule has 0 spiro atoms. The van der Waals surface area contributed by atoms with Crippen LogP contribution < -0.4 is 5.32 Å². The quantitative estimate of drug-likeness (QED) is 0.885. The summed E-state index contributed by atoms with van der Waals surface area (Å²) in [6.07, 6.45) is 0.135. The maximum atomic E-state index is 10.2. The summed E-state index contributed by atoms with van der Waals surface area (Å²) in [6, 6.07) is 7.60. The van der Waals surface area contributed by atoms with Gasteiger partial charge in [0.2, 0.25) is 0 Å². The van der Waals surface area contributed by atoms with Crippen molar-refractivity contribution in [2.24, 2.45) is 0 Å². The van der Waals surface area contributed by atoms with Gasteiger partial charge in [-0.3, -0.25) is 4.79 Å². The Labute approximate surface area is 98.6 Å². The van der Waals surface area contributed by atoms with Gasteiger partial charge in [-0.2, -0.15) is 0 Å². The molecule has 0 amide bonds. The van der Waals surface area contributed by atoms with Crippen molar-refractivity contribution in [3.63, 3.8) is 0 Å². The summed E-state index contributed by atoms with van der Waals surface area (Å²) in [4.78, 5) is 10.2. The lowest BCUT2D eigenvalue weighted by Gasteiger charge is -2.03. The van der Waals surface area contributed by atoms with Gasteiger partial charge in [0.15, 0.2) is 0 Å². The highest BCUT2D eigenvalue weighted by Gasteiger charge is 1.95. The van der Waals surface area contributed by atoms with Crippen molar-refractivity contribution >= 4 is 27.6 Å². The number of hydrogen-bond acceptors (Lipinski definition) is 2. The molecule has 1 rings (SSSR count). The summed E-state index contributed by atoms with van der Waals surface area (Å²) in [6.45, 7) is 4.46. The van der Waals surface area contributed by atoms with E-state index in [1.165, 1.54) is 0 Å². The Morgan fingerprint density at radius 2 is 1.87 bits per heavy atom. The van der Waals surface area contributed by atoms with E-state index in [2.05, 4.69) is 21.2 Å². The molecule has 0 aliphatic rings. The Kier molecular flexibility index (Phi) is 7.72. The van der Waals surface area contributed by atoms with E-state index < -0.39 is 5.97 Å². The molecule has 0 aliphatic heterocycles. The zero-order valence-electron chi connectivity index (χ0n) is 8.96. The first-order valence-corrected chi connectivity index (χ1v) is 5.69. The van der Waals surface area contributed by atoms with Gasteiger partial charge in [0.1, 0.15) is 0 Å². The second-order valence-corrected chi connectivity index (χ2v) is 3.49. The van der Waals surface area contributed by atoms with E-state index in [4.69, 9.17) is 5.11 Å². The Morgan fingerprint density at radius 3 is 2.33 bits per heavy atom. The molecule has 0 saturated carbocycles. The monoisotopic (exact) mass is 273 g/mol. The minimum Gasteiger partial charge on any atom is -0.481 e. The number of carboxylic acid groups (broad SMARTS) is 1. The predicted octanol–water partition coefficient (Wildman–Crippen LogP) is 3.36. The van der Waals surface area contributed by atoms with Crippen LogP contribution >= 0.6 is 15.9 Å². The number of hydrogen-bond donors (Lipinski definition) is 2. The van der Waals surface area contributed by atoms with Crippen molar-refractivity contribution in [1.29, 1.82) is 0 Å². The molecule has 1 aromatic rings. The number of carboxylic acids is 1. The molecule has 15 heavy (non-hydrogen) atoms. The second kappa shape index (κ2) is 8.29. The average Bonchev–Trinajstić information content (AvgIpc) is 2.23. The number of rotatable bonds is 4. The van der Waals surface area contributed by atoms with Crippen LogP contribution in [-0.4, -0.2) is 17.6 Å². The van der Waals surface area contributed by atoms with Gasteiger partial charge in [0, 0.05) is 16.7 Å². The SMILES string of the molecule is CC.O=C(O)CCNc1ccc(Br)cc1. The van der Waals surface area contributed by atoms with Gasteiger partial charge in [0.05, 0.1) is 6.42 Å². The molecular weight excluding hydrogens is 258 g/mol. The highest BCUT2D eigenvalue weighted by Crippen LogP contribution is 2.13. The summed E-state index contributed by atoms with van der Waals surface area (Å²) < 4.78 is 1.01. The zero-order chi connectivity index (χ0) is 11.7. The number of aliphatic carboxylic acids is 1. The fourth-order valence-corrected chi connectivity index (χ4v) is 1.15. The van der Waals surface area contributed by atoms with Crippen molar-refractivity contribution in [3.05, 3.63) is 28.7 Å². The Morgan fingerprint density at radius 1 is 1.33 bits per heavy atom. The van der Waals surface area contributed by atoms with Crippen LogP contribution in [0.15, 0.2) is 28.7 Å². The number of nitrogens with one attached hydrogen (secondary N) is 1. The van der Waals surface area contributed by atoms with Crippen LogP contribution in [0.25, 0.3) is 0 Å². The van der Waals surface area contributed by atoms with Crippen molar-refractivity contribution in [3.8, 4) is 0 Å². The number of carbonyl (C=O) groups is 1. The van der Waals surface area contributed by atoms with Crippen LogP contribution in [0.5, 0.6) is 0 Å². The summed E-state index contributed by atoms with van der Waals surface area (Å²) in [5, 5.41) is 11.4. The summed E-state index contributed by atoms with van der Waals surface area (Å²) in [7, 11) is 0. The van der Waals surface area contributed by atoms with E-state index in [0.29, 0.717) is 6.54 Å². The molecule has 0 unspecified atom stereocenters. The molecule has 0 heterocycles. The highest BCUT2D eigenvalue weighted by molar-refractivity contribution is 9.10. The van der Waals surface area contributed by atoms with Crippen LogP contribution in [0.4, 0.5) is 5.69 Å². The molecule has 1 aromatic carbocycles. The summed E-state index contributed by atoms with van der Waals surface area (Å²) in [5.74, 6) is -0.787. The van der Waals surface area contributed by atoms with E-state index in [9.17, 15) is 4.79 Å². The van der Waals surface area contributed by atoms with E-state index in [1.54, 1.807) is 0 Å². The first-order valence-electron chi connectivity index (χ1n) is 4.90. The van der Waals surface area contributed by atoms with E-state index in [0.717, 1.165) is 10.2 Å². The van der Waals surface area contributed by atoms with E-state index in [-0.39, 0.29) is 6.42 Å². The number of benzene rings is 1. The number of halogens is 1. The fourth-order valence-electron chi connectivity index (χ4n) is 0.882. The minimum absolute atomic E-state index is 0.135. The Hall–Kier alpha value is -1.03. The predicted molar refractivity (Wildman–Crippen MR) is 66.2 cm³/mol. The van der Waals surface area contributed by atoms with Crippen LogP contribution in [0.2, 0.25) is 0 Å². The maximum absolute atomic E-state index is 10.2. The lowest BCUT2D eigenvalue weighted by atomic mass is 10.3. The minimum atomic E-state index is -0.787. The molecular formula is C11H16BrNO2. The molecule has 0 fully saturated rings. The zero-order valence-corrected chi connectivity index (χ0v) is 10.5. The van der Waals surface area contributed by atoms with Gasteiger partial charge in [-0.25, -0.2) is 0 Å². The highest BCUT2D eigenvalue weighted by atomic mass is 79.9. The standard InChI is InChI=1S/C9H10BrNO2.C2H6/c10-7-1-3-8(4-2-7)11-6-5-9(12)13;1-2/h1-4,11H,5-6H2,(H,12,13);1-2H3. The van der Waals surface area contributed by atoms with Crippen molar-refractivity contribution in [2.75, 3.05) is 11.9 Å². The molecule has 0 radical (unpaired) electrons. The molecule has 0 bridgehead atoms. The smallest absolute Gasteiger partial charge is 0.305 e. The fraction of sp³-hybridized carbons (Fsp3) is 0.364. The van der Waals surface area contributed by atoms with E-state index in [1.807, 2.05) is 38.1 Å². The van der Waals surface area contributed by atoms with Gasteiger partial charge in [-0.15, -0.1) is 0 Å². The van der Waals surface area contributed by atoms with Crippen LogP contribution in [-0.2, 0) is 4.79 Å². The molecule has 2 N–H and O–H groups in total. The molecule has 84 valence electrons. The van der Waals surface area contributed by atoms with Crippen LogP contribution in [0.1, 0.15) is 20.3 Å². The third kappa shape index (κ3) is 6.96. The first-order chi connectivity index (χ1) is 7.18. The molecule has 3 nitrogen and oxygen atoms in total. The van der Waals surface area contributed by atoms with Crippen LogP contribution in [0.3, 0.4) is 0 Å². The Bertz CT molecular complexity index is 285. The van der Waals surface area contributed by atoms with Gasteiger partial charge >= 0.3 is 5.97 Å². The lowest BCUT2D eigenvalue weighted by molar-refractivity contribution is -0.136. The van der Waals surface area contributed by atoms with Gasteiger partial charge in [-0.1, -0.05) is 29.8 Å². The maximum Gasteiger partial charge on any atom is 0.305 e. The third-order valence-corrected chi connectivity index (χ3v) is 2.04. The van der Waals surface area contributed by atoms with Crippen molar-refractivity contribution < 1.29 is 9.90 Å². The van der Waals surface area contributed by atoms with Gasteiger partial charge < -0.3 is 10.4 Å². The van der Waals surface area contributed by atoms with Gasteiger partial charge in [0.25, 0.3) is 0 Å². The lowest BCUT2D eigenvalue weighted by Crippen LogP contribution is -2.07. The average molecular weight is 274 g/mol. The second-order valence-electron chi connectivity index (χ2n) is 2.58. The first kappa shape index (κ1) is 14.0. The van der Waals surface area contributed by atoms with Crippen LogP contribution in [0, 0.1) is 0 Å². The largest absolute Gasteiger partial charge is 0.481 e. The molecule has 0 atom stereocenters. The number of anilines is 1. The topological polar surface area (TPSA) is 49.3 Å². The molecule has 0 saturated heterocycles. The normalized spacial score (nSPS) is 8.73. The molecule has 4 heteroatoms. The van der Waals surface area contributed by atoms with E-state index >= 15 is 0 Å². The van der Waals surface area contributed by atoms with Crippen molar-refractivity contribution in [2.45, 2.75) is 20.3 Å². The summed E-state index contributed by atoms with van der Waals surface area (Å²) in [5.41, 5.74) is 0.935. The summed E-state index contributed by atoms with van der Waals surface area (Å²) >= 11 is 3.31.